The minimum absolute atomic E-state index is 0.0308. The van der Waals surface area contributed by atoms with Gasteiger partial charge in [0, 0.05) is 22.3 Å². The van der Waals surface area contributed by atoms with E-state index in [1.807, 2.05) is 91.0 Å². The molecule has 0 radical (unpaired) electrons. The van der Waals surface area contributed by atoms with Crippen LogP contribution in [-0.2, 0) is 0 Å². The van der Waals surface area contributed by atoms with Crippen molar-refractivity contribution in [1.82, 2.24) is 0 Å². The molecule has 4 aromatic rings. The molecule has 30 heavy (non-hydrogen) atoms. The van der Waals surface area contributed by atoms with Crippen LogP contribution in [0.1, 0.15) is 31.8 Å². The van der Waals surface area contributed by atoms with Gasteiger partial charge in [-0.05, 0) is 24.3 Å². The van der Waals surface area contributed by atoms with Gasteiger partial charge in [0.2, 0.25) is 0 Å². The predicted octanol–water partition coefficient (Wildman–Crippen LogP) is 5.84. The highest BCUT2D eigenvalue weighted by molar-refractivity contribution is 6.09. The summed E-state index contributed by atoms with van der Waals surface area (Å²) in [4.78, 5) is 23.9. The lowest BCUT2D eigenvalue weighted by molar-refractivity contribution is 0.103. The van der Waals surface area contributed by atoms with E-state index in [9.17, 15) is 9.59 Å². The van der Waals surface area contributed by atoms with E-state index < -0.39 is 0 Å². The Bertz CT molecular complexity index is 1030. The molecule has 148 valence electrons. The summed E-state index contributed by atoms with van der Waals surface area (Å²) in [6.45, 7) is 0. The number of methoxy groups -OCH3 is 1. The fraction of sp³-hybridized carbons (Fsp3) is 0.0370. The average Bonchev–Trinajstić information content (AvgIpc) is 2.85. The third kappa shape index (κ3) is 5.52. The second kappa shape index (κ2) is 10.5. The summed E-state index contributed by atoms with van der Waals surface area (Å²) in [5.74, 6) is 0.860. The number of carbonyl (C=O) groups excluding carboxylic acids is 2. The summed E-state index contributed by atoms with van der Waals surface area (Å²) in [6, 6.07) is 35.0. The SMILES string of the molecule is COc1ccc(C(=O)c2ccccc2)cc1.O=C(c1ccccc1)c1ccccc1. The van der Waals surface area contributed by atoms with Crippen LogP contribution < -0.4 is 4.74 Å². The van der Waals surface area contributed by atoms with Gasteiger partial charge in [-0.15, -0.1) is 0 Å². The first-order valence-electron chi connectivity index (χ1n) is 9.57. The van der Waals surface area contributed by atoms with Crippen LogP contribution in [-0.4, -0.2) is 18.7 Å². The quantitative estimate of drug-likeness (QED) is 0.399. The highest BCUT2D eigenvalue weighted by Crippen LogP contribution is 2.14. The van der Waals surface area contributed by atoms with Crippen molar-refractivity contribution in [3.63, 3.8) is 0 Å². The minimum atomic E-state index is 0.0308. The topological polar surface area (TPSA) is 43.4 Å². The molecule has 4 rings (SSSR count). The fourth-order valence-corrected chi connectivity index (χ4v) is 2.84. The summed E-state index contributed by atoms with van der Waals surface area (Å²) in [5, 5.41) is 0. The van der Waals surface area contributed by atoms with Gasteiger partial charge in [-0.1, -0.05) is 91.0 Å². The lowest BCUT2D eigenvalue weighted by Crippen LogP contribution is -2.00. The van der Waals surface area contributed by atoms with Gasteiger partial charge in [0.15, 0.2) is 11.6 Å². The predicted molar refractivity (Wildman–Crippen MR) is 119 cm³/mol. The Morgan fingerprint density at radius 2 is 0.767 bits per heavy atom. The number of ether oxygens (including phenoxy) is 1. The van der Waals surface area contributed by atoms with Crippen molar-refractivity contribution in [2.75, 3.05) is 7.11 Å². The maximum Gasteiger partial charge on any atom is 0.193 e. The van der Waals surface area contributed by atoms with Crippen molar-refractivity contribution in [1.29, 1.82) is 0 Å². The van der Waals surface area contributed by atoms with E-state index in [4.69, 9.17) is 4.74 Å². The molecule has 0 amide bonds. The Morgan fingerprint density at radius 1 is 0.467 bits per heavy atom. The second-order valence-electron chi connectivity index (χ2n) is 6.48. The maximum absolute atomic E-state index is 12.0. The van der Waals surface area contributed by atoms with Crippen molar-refractivity contribution in [2.45, 2.75) is 0 Å². The zero-order valence-electron chi connectivity index (χ0n) is 16.7. The normalized spacial score (nSPS) is 9.77. The summed E-state index contributed by atoms with van der Waals surface area (Å²) in [7, 11) is 1.61. The number of hydrogen-bond acceptors (Lipinski definition) is 3. The average molecular weight is 394 g/mol. The van der Waals surface area contributed by atoms with E-state index in [1.54, 1.807) is 31.4 Å². The van der Waals surface area contributed by atoms with Gasteiger partial charge in [-0.25, -0.2) is 0 Å². The molecule has 0 aromatic heterocycles. The standard InChI is InChI=1S/C14H12O2.C13H10O/c1-16-13-9-7-12(8-10-13)14(15)11-5-3-2-4-6-11;14-13(11-7-3-1-4-8-11)12-9-5-2-6-10-12/h2-10H,1H3;1-10H. The van der Waals surface area contributed by atoms with E-state index in [-0.39, 0.29) is 11.6 Å². The molecule has 0 bridgehead atoms. The molecule has 3 heteroatoms. The van der Waals surface area contributed by atoms with Crippen LogP contribution in [0.3, 0.4) is 0 Å². The van der Waals surface area contributed by atoms with E-state index in [0.29, 0.717) is 11.1 Å². The maximum atomic E-state index is 12.0. The van der Waals surface area contributed by atoms with E-state index in [0.717, 1.165) is 16.9 Å². The van der Waals surface area contributed by atoms with Crippen LogP contribution in [0.4, 0.5) is 0 Å². The molecule has 0 aliphatic carbocycles. The van der Waals surface area contributed by atoms with E-state index in [2.05, 4.69) is 0 Å². The third-order valence-electron chi connectivity index (χ3n) is 4.46. The van der Waals surface area contributed by atoms with E-state index >= 15 is 0 Å². The molecule has 0 aliphatic rings. The number of carbonyl (C=O) groups is 2. The van der Waals surface area contributed by atoms with Gasteiger partial charge >= 0.3 is 0 Å². The Kier molecular flexibility index (Phi) is 7.28. The Labute approximate surface area is 176 Å². The largest absolute Gasteiger partial charge is 0.497 e. The zero-order valence-corrected chi connectivity index (χ0v) is 16.7. The lowest BCUT2D eigenvalue weighted by Gasteiger charge is -2.02. The fourth-order valence-electron chi connectivity index (χ4n) is 2.84. The summed E-state index contributed by atoms with van der Waals surface area (Å²) < 4.78 is 5.04. The summed E-state index contributed by atoms with van der Waals surface area (Å²) >= 11 is 0. The number of ketones is 2. The van der Waals surface area contributed by atoms with Crippen molar-refractivity contribution in [2.24, 2.45) is 0 Å². The zero-order chi connectivity index (χ0) is 21.2. The summed E-state index contributed by atoms with van der Waals surface area (Å²) in [5.41, 5.74) is 2.84. The first-order valence-corrected chi connectivity index (χ1v) is 9.57. The van der Waals surface area contributed by atoms with E-state index in [1.165, 1.54) is 0 Å². The molecular weight excluding hydrogens is 372 g/mol. The molecule has 0 saturated heterocycles. The number of hydrogen-bond donors (Lipinski definition) is 0. The first kappa shape index (κ1) is 20.7. The molecule has 0 atom stereocenters. The molecule has 0 aliphatic heterocycles. The van der Waals surface area contributed by atoms with Crippen LogP contribution in [0.15, 0.2) is 115 Å². The van der Waals surface area contributed by atoms with Gasteiger partial charge in [-0.3, -0.25) is 9.59 Å². The first-order chi connectivity index (χ1) is 14.7. The van der Waals surface area contributed by atoms with Crippen LogP contribution in [0, 0.1) is 0 Å². The van der Waals surface area contributed by atoms with Crippen LogP contribution in [0.2, 0.25) is 0 Å². The van der Waals surface area contributed by atoms with Crippen molar-refractivity contribution < 1.29 is 14.3 Å². The van der Waals surface area contributed by atoms with Crippen LogP contribution >= 0.6 is 0 Å². The molecule has 0 fully saturated rings. The second-order valence-corrected chi connectivity index (χ2v) is 6.48. The molecule has 3 nitrogen and oxygen atoms in total. The smallest absolute Gasteiger partial charge is 0.193 e. The van der Waals surface area contributed by atoms with Crippen molar-refractivity contribution in [3.8, 4) is 5.75 Å². The Morgan fingerprint density at radius 3 is 1.07 bits per heavy atom. The molecule has 0 heterocycles. The molecular formula is C27H22O3. The highest BCUT2D eigenvalue weighted by atomic mass is 16.5. The van der Waals surface area contributed by atoms with Crippen molar-refractivity contribution >= 4 is 11.6 Å². The highest BCUT2D eigenvalue weighted by Gasteiger charge is 2.08. The molecule has 0 spiro atoms. The monoisotopic (exact) mass is 394 g/mol. The third-order valence-corrected chi connectivity index (χ3v) is 4.46. The van der Waals surface area contributed by atoms with Gasteiger partial charge in [0.1, 0.15) is 5.75 Å². The van der Waals surface area contributed by atoms with Gasteiger partial charge < -0.3 is 4.74 Å². The number of benzene rings is 4. The molecule has 0 N–H and O–H groups in total. The lowest BCUT2D eigenvalue weighted by atomic mass is 10.0. The summed E-state index contributed by atoms with van der Waals surface area (Å²) in [6.07, 6.45) is 0. The molecule has 4 aromatic carbocycles. The number of rotatable bonds is 5. The van der Waals surface area contributed by atoms with Crippen molar-refractivity contribution in [3.05, 3.63) is 138 Å². The minimum Gasteiger partial charge on any atom is -0.497 e. The van der Waals surface area contributed by atoms with Crippen LogP contribution in [0.5, 0.6) is 5.75 Å². The molecule has 0 saturated carbocycles. The molecule has 0 unspecified atom stereocenters. The van der Waals surface area contributed by atoms with Gasteiger partial charge in [-0.2, -0.15) is 0 Å². The van der Waals surface area contributed by atoms with Gasteiger partial charge in [0.05, 0.1) is 7.11 Å². The van der Waals surface area contributed by atoms with Crippen LogP contribution in [0.25, 0.3) is 0 Å². The Hall–Kier alpha value is -3.98. The van der Waals surface area contributed by atoms with Gasteiger partial charge in [0.25, 0.3) is 0 Å². The Balaban J connectivity index is 0.000000172.